The fourth-order valence-corrected chi connectivity index (χ4v) is 7.84. The highest BCUT2D eigenvalue weighted by molar-refractivity contribution is 6.75. The normalized spacial score (nSPS) is 26.5. The maximum Gasteiger partial charge on any atom is 0.192 e. The minimum Gasteiger partial charge on any atom is -0.409 e. The van der Waals surface area contributed by atoms with E-state index in [9.17, 15) is 5.11 Å². The Labute approximate surface area is 237 Å². The first kappa shape index (κ1) is 33.9. The summed E-state index contributed by atoms with van der Waals surface area (Å²) in [4.78, 5) is 0. The maximum absolute atomic E-state index is 10.7. The first-order chi connectivity index (χ1) is 17.0. The number of hydrogen-bond acceptors (Lipinski definition) is 5. The summed E-state index contributed by atoms with van der Waals surface area (Å²) >= 11 is 0. The fraction of sp³-hybridized carbons (Fsp3) is 0.800. The van der Waals surface area contributed by atoms with Crippen LogP contribution in [0, 0.1) is 0 Å². The highest BCUT2D eigenvalue weighted by atomic mass is 28.4. The number of rotatable bonds is 8. The summed E-state index contributed by atoms with van der Waals surface area (Å²) in [6, 6.07) is 10.3. The van der Waals surface area contributed by atoms with Crippen molar-refractivity contribution in [1.82, 2.24) is 0 Å². The molecule has 5 atom stereocenters. The lowest BCUT2D eigenvalue weighted by atomic mass is 9.91. The summed E-state index contributed by atoms with van der Waals surface area (Å²) in [7, 11) is -6.74. The van der Waals surface area contributed by atoms with E-state index in [1.165, 1.54) is 0 Å². The largest absolute Gasteiger partial charge is 0.409 e. The van der Waals surface area contributed by atoms with Gasteiger partial charge in [-0.15, -0.1) is 0 Å². The van der Waals surface area contributed by atoms with E-state index in [0.29, 0.717) is 0 Å². The molecule has 1 aliphatic rings. The fourth-order valence-electron chi connectivity index (χ4n) is 3.93. The number of aliphatic hydroxyl groups excluding tert-OH is 1. The van der Waals surface area contributed by atoms with Crippen LogP contribution in [0.15, 0.2) is 30.3 Å². The molecule has 38 heavy (non-hydrogen) atoms. The molecule has 0 bridgehead atoms. The Bertz CT molecular complexity index is 897. The summed E-state index contributed by atoms with van der Waals surface area (Å²) in [5, 5.41) is 10.7. The van der Waals surface area contributed by atoms with Crippen molar-refractivity contribution in [1.29, 1.82) is 0 Å². The predicted octanol–water partition coefficient (Wildman–Crippen LogP) is 8.29. The van der Waals surface area contributed by atoms with Gasteiger partial charge < -0.3 is 23.1 Å². The molecule has 0 radical (unpaired) electrons. The third-order valence-corrected chi connectivity index (χ3v) is 23.1. The average Bonchev–Trinajstić information content (AvgIpc) is 2.74. The molecule has 1 heterocycles. The van der Waals surface area contributed by atoms with E-state index in [1.54, 1.807) is 0 Å². The molecule has 8 heteroatoms. The smallest absolute Gasteiger partial charge is 0.192 e. The molecule has 2 rings (SSSR count). The molecule has 0 saturated carbocycles. The van der Waals surface area contributed by atoms with Crippen LogP contribution in [0.2, 0.25) is 54.4 Å². The molecule has 220 valence electrons. The average molecular weight is 583 g/mol. The Morgan fingerprint density at radius 3 is 1.37 bits per heavy atom. The lowest BCUT2D eigenvalue weighted by molar-refractivity contribution is -0.219. The van der Waals surface area contributed by atoms with E-state index in [1.807, 2.05) is 18.2 Å². The molecule has 1 aromatic rings. The van der Waals surface area contributed by atoms with Gasteiger partial charge in [0.2, 0.25) is 0 Å². The molecule has 1 aromatic carbocycles. The van der Waals surface area contributed by atoms with Gasteiger partial charge in [-0.3, -0.25) is 0 Å². The summed E-state index contributed by atoms with van der Waals surface area (Å²) in [5.74, 6) is 0. The minimum absolute atomic E-state index is 0.000587. The predicted molar refractivity (Wildman–Crippen MR) is 167 cm³/mol. The van der Waals surface area contributed by atoms with Gasteiger partial charge in [0.05, 0.1) is 6.61 Å². The van der Waals surface area contributed by atoms with Gasteiger partial charge in [0.1, 0.15) is 30.5 Å². The molecule has 1 N–H and O–H groups in total. The lowest BCUT2D eigenvalue weighted by Gasteiger charge is -2.54. The van der Waals surface area contributed by atoms with E-state index in [2.05, 4.69) is 114 Å². The van der Waals surface area contributed by atoms with Crippen LogP contribution in [0.4, 0.5) is 0 Å². The molecule has 0 aromatic heterocycles. The Hall–Kier alpha value is -0.329. The Morgan fingerprint density at radius 2 is 1.00 bits per heavy atom. The molecule has 1 aliphatic heterocycles. The molecule has 5 nitrogen and oxygen atoms in total. The highest BCUT2D eigenvalue weighted by Crippen LogP contribution is 2.48. The molecule has 0 unspecified atom stereocenters. The summed E-state index contributed by atoms with van der Waals surface area (Å²) in [5.41, 5.74) is 1.05. The van der Waals surface area contributed by atoms with E-state index >= 15 is 0 Å². The maximum atomic E-state index is 10.7. The Kier molecular flexibility index (Phi) is 10.3. The summed E-state index contributed by atoms with van der Waals surface area (Å²) < 4.78 is 28.5. The number of benzene rings is 1. The molecule has 1 fully saturated rings. The molecular weight excluding hydrogens is 525 g/mol. The van der Waals surface area contributed by atoms with Crippen molar-refractivity contribution < 1.29 is 23.1 Å². The van der Waals surface area contributed by atoms with Crippen LogP contribution in [0.5, 0.6) is 0 Å². The van der Waals surface area contributed by atoms with Gasteiger partial charge in [-0.05, 0) is 60.0 Å². The minimum atomic E-state index is -2.26. The molecule has 0 spiro atoms. The zero-order valence-corrected chi connectivity index (χ0v) is 30.1. The number of ether oxygens (including phenoxy) is 1. The van der Waals surface area contributed by atoms with Crippen LogP contribution in [-0.2, 0) is 18.0 Å². The first-order valence-electron chi connectivity index (χ1n) is 14.3. The van der Waals surface area contributed by atoms with Crippen molar-refractivity contribution in [2.24, 2.45) is 0 Å². The second kappa shape index (κ2) is 11.5. The standard InChI is InChI=1S/C30H58O5Si3/c1-28(2,3)36(10,11)33-25-23(21-31)32-24(22-19-17-16-18-20-22)26(34-37(12,13)29(4,5)6)27(25)35-38(14,15)30(7,8)9/h16-20,23-27,31H,21H2,1-15H3/t23-,24+,25-,26+,27+/m1/s1. The third kappa shape index (κ3) is 7.49. The monoisotopic (exact) mass is 582 g/mol. The van der Waals surface area contributed by atoms with E-state index in [-0.39, 0.29) is 40.0 Å². The van der Waals surface area contributed by atoms with Crippen LogP contribution >= 0.6 is 0 Å². The van der Waals surface area contributed by atoms with Gasteiger partial charge in [0.15, 0.2) is 25.0 Å². The van der Waals surface area contributed by atoms with Crippen molar-refractivity contribution in [2.75, 3.05) is 6.61 Å². The van der Waals surface area contributed by atoms with Crippen LogP contribution in [0.3, 0.4) is 0 Å². The first-order valence-corrected chi connectivity index (χ1v) is 23.0. The van der Waals surface area contributed by atoms with E-state index in [0.717, 1.165) is 5.56 Å². The van der Waals surface area contributed by atoms with Gasteiger partial charge >= 0.3 is 0 Å². The molecule has 0 aliphatic carbocycles. The van der Waals surface area contributed by atoms with Crippen LogP contribution in [0.25, 0.3) is 0 Å². The van der Waals surface area contributed by atoms with Gasteiger partial charge in [-0.25, -0.2) is 0 Å². The Morgan fingerprint density at radius 1 is 0.632 bits per heavy atom. The van der Waals surface area contributed by atoms with Crippen LogP contribution < -0.4 is 0 Å². The van der Waals surface area contributed by atoms with Crippen molar-refractivity contribution in [3.8, 4) is 0 Å². The van der Waals surface area contributed by atoms with Crippen LogP contribution in [-0.4, -0.2) is 61.1 Å². The van der Waals surface area contributed by atoms with Gasteiger partial charge in [-0.2, -0.15) is 0 Å². The van der Waals surface area contributed by atoms with Crippen LogP contribution in [0.1, 0.15) is 74.0 Å². The lowest BCUT2D eigenvalue weighted by Crippen LogP contribution is -2.66. The zero-order chi connectivity index (χ0) is 29.5. The number of aliphatic hydroxyl groups is 1. The third-order valence-electron chi connectivity index (χ3n) is 9.65. The van der Waals surface area contributed by atoms with E-state index < -0.39 is 37.2 Å². The van der Waals surface area contributed by atoms with Gasteiger partial charge in [0.25, 0.3) is 0 Å². The zero-order valence-electron chi connectivity index (χ0n) is 27.1. The molecule has 1 saturated heterocycles. The Balaban J connectivity index is 2.77. The SMILES string of the molecule is CC(C)(C)[Si](C)(C)O[C@@H]1[C@@H](O[Si](C)(C)C(C)(C)C)[C@H](c2ccccc2)O[C@H](CO)[C@H]1O[Si](C)(C)C(C)(C)C. The van der Waals surface area contributed by atoms with Gasteiger partial charge in [0, 0.05) is 0 Å². The van der Waals surface area contributed by atoms with Crippen molar-refractivity contribution in [3.63, 3.8) is 0 Å². The molecule has 0 amide bonds. The summed E-state index contributed by atoms with van der Waals surface area (Å²) in [6.45, 7) is 33.9. The van der Waals surface area contributed by atoms with Gasteiger partial charge in [-0.1, -0.05) is 92.6 Å². The van der Waals surface area contributed by atoms with Crippen molar-refractivity contribution in [2.45, 2.75) is 147 Å². The second-order valence-electron chi connectivity index (χ2n) is 15.7. The van der Waals surface area contributed by atoms with E-state index in [4.69, 9.17) is 18.0 Å². The summed E-state index contributed by atoms with van der Waals surface area (Å²) in [6.07, 6.45) is -2.02. The second-order valence-corrected chi connectivity index (χ2v) is 30.0. The van der Waals surface area contributed by atoms with Crippen molar-refractivity contribution in [3.05, 3.63) is 35.9 Å². The molecular formula is C30H58O5Si3. The quantitative estimate of drug-likeness (QED) is 0.313. The topological polar surface area (TPSA) is 57.2 Å². The number of hydrogen-bond donors (Lipinski definition) is 1. The highest BCUT2D eigenvalue weighted by Gasteiger charge is 2.56. The van der Waals surface area contributed by atoms with Crippen molar-refractivity contribution >= 4 is 25.0 Å².